The molecule has 2 aromatic rings. The van der Waals surface area contributed by atoms with E-state index in [9.17, 15) is 9.59 Å². The van der Waals surface area contributed by atoms with Crippen molar-refractivity contribution < 1.29 is 23.8 Å². The molecule has 1 aliphatic heterocycles. The summed E-state index contributed by atoms with van der Waals surface area (Å²) in [6, 6.07) is 14.6. The number of anilines is 1. The number of carbonyl (C=O) groups excluding carboxylic acids is 2. The first kappa shape index (κ1) is 20.2. The number of carbonyl (C=O) groups is 2. The molecule has 0 radical (unpaired) electrons. The molecule has 6 nitrogen and oxygen atoms in total. The van der Waals surface area contributed by atoms with Crippen molar-refractivity contribution in [2.75, 3.05) is 31.3 Å². The number of esters is 1. The van der Waals surface area contributed by atoms with Gasteiger partial charge >= 0.3 is 5.97 Å². The Bertz CT molecular complexity index is 891. The zero-order valence-corrected chi connectivity index (χ0v) is 16.1. The number of para-hydroxylation sites is 1. The van der Waals surface area contributed by atoms with Crippen LogP contribution in [0.2, 0.25) is 0 Å². The van der Waals surface area contributed by atoms with E-state index >= 15 is 0 Å². The van der Waals surface area contributed by atoms with Crippen LogP contribution in [0.25, 0.3) is 6.08 Å². The fourth-order valence-corrected chi connectivity index (χ4v) is 2.79. The lowest BCUT2D eigenvalue weighted by Gasteiger charge is -2.20. The average molecular weight is 393 g/mol. The number of fused-ring (bicyclic) bond motifs is 1. The van der Waals surface area contributed by atoms with Crippen LogP contribution in [0.3, 0.4) is 0 Å². The maximum absolute atomic E-state index is 12.5. The summed E-state index contributed by atoms with van der Waals surface area (Å²) < 4.78 is 16.3. The molecule has 3 rings (SSSR count). The Morgan fingerprint density at radius 3 is 2.59 bits per heavy atom. The minimum absolute atomic E-state index is 0.326. The second-order valence-corrected chi connectivity index (χ2v) is 6.33. The van der Waals surface area contributed by atoms with Gasteiger partial charge in [-0.05, 0) is 35.9 Å². The quantitative estimate of drug-likeness (QED) is 0.408. The molecule has 0 atom stereocenters. The van der Waals surface area contributed by atoms with Crippen molar-refractivity contribution >= 4 is 23.6 Å². The predicted molar refractivity (Wildman–Crippen MR) is 111 cm³/mol. The first-order chi connectivity index (χ1) is 14.2. The molecule has 1 heterocycles. The molecule has 6 heteroatoms. The molecule has 0 aliphatic carbocycles. The van der Waals surface area contributed by atoms with Crippen LogP contribution in [0.5, 0.6) is 11.5 Å². The van der Waals surface area contributed by atoms with Gasteiger partial charge in [0.2, 0.25) is 0 Å². The van der Waals surface area contributed by atoms with Crippen LogP contribution in [-0.2, 0) is 14.3 Å². The van der Waals surface area contributed by atoms with Crippen molar-refractivity contribution in [2.24, 2.45) is 0 Å². The van der Waals surface area contributed by atoms with Gasteiger partial charge in [-0.25, -0.2) is 4.79 Å². The molecule has 29 heavy (non-hydrogen) atoms. The van der Waals surface area contributed by atoms with Crippen LogP contribution < -0.4 is 14.4 Å². The summed E-state index contributed by atoms with van der Waals surface area (Å²) in [5.41, 5.74) is 1.49. The van der Waals surface area contributed by atoms with Crippen LogP contribution in [-0.4, -0.2) is 38.2 Å². The number of rotatable bonds is 7. The second kappa shape index (κ2) is 10.1. The Morgan fingerprint density at radius 2 is 1.83 bits per heavy atom. The van der Waals surface area contributed by atoms with Gasteiger partial charge in [0.1, 0.15) is 0 Å². The van der Waals surface area contributed by atoms with Crippen molar-refractivity contribution in [3.05, 3.63) is 72.8 Å². The SMILES string of the molecule is C=CCN(C(=O)COC(=O)/C=C/c1ccc2c(c1)OCCCO2)c1ccccc1. The van der Waals surface area contributed by atoms with Gasteiger partial charge in [0.25, 0.3) is 5.91 Å². The summed E-state index contributed by atoms with van der Waals surface area (Å²) in [4.78, 5) is 26.0. The van der Waals surface area contributed by atoms with Crippen LogP contribution >= 0.6 is 0 Å². The molecule has 150 valence electrons. The monoisotopic (exact) mass is 393 g/mol. The van der Waals surface area contributed by atoms with Gasteiger partial charge in [-0.15, -0.1) is 6.58 Å². The third-order valence-corrected chi connectivity index (χ3v) is 4.20. The standard InChI is InChI=1S/C23H23NO5/c1-2-13-24(19-7-4-3-5-8-19)22(25)17-29-23(26)12-10-18-9-11-20-21(16-18)28-15-6-14-27-20/h2-5,7-12,16H,1,6,13-15,17H2/b12-10+. The van der Waals surface area contributed by atoms with Crippen molar-refractivity contribution in [1.29, 1.82) is 0 Å². The summed E-state index contributed by atoms with van der Waals surface area (Å²) in [5, 5.41) is 0. The van der Waals surface area contributed by atoms with Crippen LogP contribution in [0.15, 0.2) is 67.3 Å². The van der Waals surface area contributed by atoms with Gasteiger partial charge in [0.05, 0.1) is 13.2 Å². The van der Waals surface area contributed by atoms with E-state index < -0.39 is 5.97 Å². The predicted octanol–water partition coefficient (Wildman–Crippen LogP) is 3.62. The van der Waals surface area contributed by atoms with E-state index in [4.69, 9.17) is 14.2 Å². The summed E-state index contributed by atoms with van der Waals surface area (Å²) in [5.74, 6) is 0.415. The van der Waals surface area contributed by atoms with Gasteiger partial charge < -0.3 is 19.1 Å². The van der Waals surface area contributed by atoms with Crippen molar-refractivity contribution in [3.63, 3.8) is 0 Å². The summed E-state index contributed by atoms with van der Waals surface area (Å²) in [6.45, 7) is 4.85. The Morgan fingerprint density at radius 1 is 1.07 bits per heavy atom. The summed E-state index contributed by atoms with van der Waals surface area (Å²) >= 11 is 0. The topological polar surface area (TPSA) is 65.1 Å². The molecular formula is C23H23NO5. The van der Waals surface area contributed by atoms with Crippen LogP contribution in [0.4, 0.5) is 5.69 Å². The maximum atomic E-state index is 12.5. The highest BCUT2D eigenvalue weighted by molar-refractivity contribution is 5.96. The Balaban J connectivity index is 1.57. The smallest absolute Gasteiger partial charge is 0.331 e. The fourth-order valence-electron chi connectivity index (χ4n) is 2.79. The van der Waals surface area contributed by atoms with Gasteiger partial charge in [-0.2, -0.15) is 0 Å². The van der Waals surface area contributed by atoms with Gasteiger partial charge in [-0.1, -0.05) is 30.3 Å². The zero-order valence-electron chi connectivity index (χ0n) is 16.1. The van der Waals surface area contributed by atoms with E-state index in [2.05, 4.69) is 6.58 Å². The van der Waals surface area contributed by atoms with E-state index in [-0.39, 0.29) is 12.5 Å². The number of amides is 1. The molecule has 0 bridgehead atoms. The molecule has 0 fully saturated rings. The first-order valence-electron chi connectivity index (χ1n) is 9.38. The van der Waals surface area contributed by atoms with E-state index in [1.165, 1.54) is 11.0 Å². The molecule has 0 saturated heterocycles. The minimum atomic E-state index is -0.600. The normalized spacial score (nSPS) is 12.8. The molecular weight excluding hydrogens is 370 g/mol. The highest BCUT2D eigenvalue weighted by atomic mass is 16.5. The second-order valence-electron chi connectivity index (χ2n) is 6.33. The van der Waals surface area contributed by atoms with Crippen LogP contribution in [0.1, 0.15) is 12.0 Å². The van der Waals surface area contributed by atoms with Crippen molar-refractivity contribution in [1.82, 2.24) is 0 Å². The Kier molecular flexibility index (Phi) is 7.05. The highest BCUT2D eigenvalue weighted by Gasteiger charge is 2.16. The molecule has 0 unspecified atom stereocenters. The molecule has 0 N–H and O–H groups in total. The third-order valence-electron chi connectivity index (χ3n) is 4.20. The number of ether oxygens (including phenoxy) is 3. The van der Waals surface area contributed by atoms with Crippen molar-refractivity contribution in [2.45, 2.75) is 6.42 Å². The largest absolute Gasteiger partial charge is 0.490 e. The third kappa shape index (κ3) is 5.72. The molecule has 0 spiro atoms. The number of hydrogen-bond acceptors (Lipinski definition) is 5. The average Bonchev–Trinajstić information content (AvgIpc) is 3.00. The fraction of sp³-hybridized carbons (Fsp3) is 0.217. The summed E-state index contributed by atoms with van der Waals surface area (Å²) in [7, 11) is 0. The maximum Gasteiger partial charge on any atom is 0.331 e. The number of benzene rings is 2. The van der Waals surface area contributed by atoms with Crippen molar-refractivity contribution in [3.8, 4) is 11.5 Å². The first-order valence-corrected chi connectivity index (χ1v) is 9.38. The molecule has 2 aromatic carbocycles. The zero-order chi connectivity index (χ0) is 20.5. The van der Waals surface area contributed by atoms with Crippen LogP contribution in [0, 0.1) is 0 Å². The minimum Gasteiger partial charge on any atom is -0.490 e. The Hall–Kier alpha value is -3.54. The van der Waals surface area contributed by atoms with Gasteiger partial charge in [0, 0.05) is 24.7 Å². The van der Waals surface area contributed by atoms with E-state index in [0.29, 0.717) is 31.3 Å². The molecule has 1 aliphatic rings. The Labute approximate surface area is 170 Å². The van der Waals surface area contributed by atoms with E-state index in [1.807, 2.05) is 42.5 Å². The van der Waals surface area contributed by atoms with Gasteiger partial charge in [-0.3, -0.25) is 4.79 Å². The number of nitrogens with zero attached hydrogens (tertiary/aromatic N) is 1. The van der Waals surface area contributed by atoms with E-state index in [0.717, 1.165) is 17.7 Å². The molecule has 0 saturated carbocycles. The lowest BCUT2D eigenvalue weighted by Crippen LogP contribution is -2.34. The number of hydrogen-bond donors (Lipinski definition) is 0. The lowest BCUT2D eigenvalue weighted by molar-refractivity contribution is -0.142. The van der Waals surface area contributed by atoms with E-state index in [1.54, 1.807) is 18.2 Å². The molecule has 1 amide bonds. The molecule has 0 aromatic heterocycles. The highest BCUT2D eigenvalue weighted by Crippen LogP contribution is 2.30. The summed E-state index contributed by atoms with van der Waals surface area (Å²) in [6.07, 6.45) is 5.34. The lowest BCUT2D eigenvalue weighted by atomic mass is 10.2. The van der Waals surface area contributed by atoms with Gasteiger partial charge in [0.15, 0.2) is 18.1 Å².